The Morgan fingerprint density at radius 2 is 1.74 bits per heavy atom. The van der Waals surface area contributed by atoms with Gasteiger partial charge < -0.3 is 14.8 Å². The van der Waals surface area contributed by atoms with E-state index in [2.05, 4.69) is 10.3 Å². The molecule has 0 saturated heterocycles. The van der Waals surface area contributed by atoms with E-state index >= 15 is 0 Å². The highest BCUT2D eigenvalue weighted by molar-refractivity contribution is 7.92. The zero-order valence-electron chi connectivity index (χ0n) is 16.1. The fraction of sp³-hybridized carbons (Fsp3) is 0.158. The Balaban J connectivity index is 1.88. The van der Waals surface area contributed by atoms with E-state index in [0.717, 1.165) is 17.7 Å². The van der Waals surface area contributed by atoms with Gasteiger partial charge in [-0.25, -0.2) is 13.4 Å². The van der Waals surface area contributed by atoms with Gasteiger partial charge in [0.25, 0.3) is 15.7 Å². The number of ether oxygens (including phenoxy) is 2. The molecule has 0 spiro atoms. The molecule has 0 bridgehead atoms. The number of sulfone groups is 1. The van der Waals surface area contributed by atoms with E-state index in [1.165, 1.54) is 30.9 Å². The molecule has 3 aromatic rings. The van der Waals surface area contributed by atoms with Crippen LogP contribution in [0.2, 0.25) is 0 Å². The van der Waals surface area contributed by atoms with Crippen molar-refractivity contribution < 1.29 is 35.9 Å². The van der Waals surface area contributed by atoms with Gasteiger partial charge in [0.15, 0.2) is 0 Å². The first-order chi connectivity index (χ1) is 14.6. The molecule has 0 unspecified atom stereocenters. The molecule has 1 amide bonds. The monoisotopic (exact) mass is 472 g/mol. The Morgan fingerprint density at radius 3 is 2.32 bits per heavy atom. The van der Waals surface area contributed by atoms with Gasteiger partial charge in [-0.05, 0) is 42.5 Å². The maximum absolute atomic E-state index is 12.8. The minimum atomic E-state index is -5.59. The van der Waals surface area contributed by atoms with Crippen LogP contribution in [0, 0.1) is 0 Å². The number of halogens is 3. The number of carbonyl (C=O) groups excluding carboxylic acids is 1. The second-order valence-electron chi connectivity index (χ2n) is 6.03. The van der Waals surface area contributed by atoms with E-state index in [1.807, 2.05) is 0 Å². The van der Waals surface area contributed by atoms with Crippen LogP contribution in [0.1, 0.15) is 10.5 Å². The van der Waals surface area contributed by atoms with E-state index in [4.69, 9.17) is 9.47 Å². The van der Waals surface area contributed by atoms with Crippen LogP contribution in [0.4, 0.5) is 18.9 Å². The molecule has 0 fully saturated rings. The van der Waals surface area contributed by atoms with Crippen molar-refractivity contribution in [2.75, 3.05) is 19.5 Å². The second kappa shape index (κ2) is 8.55. The molecule has 164 valence electrons. The summed E-state index contributed by atoms with van der Waals surface area (Å²) in [4.78, 5) is 15.8. The van der Waals surface area contributed by atoms with E-state index in [9.17, 15) is 26.4 Å². The molecule has 0 atom stereocenters. The zero-order chi connectivity index (χ0) is 22.8. The van der Waals surface area contributed by atoms with Gasteiger partial charge in [0.05, 0.1) is 24.8 Å². The third-order valence-corrected chi connectivity index (χ3v) is 6.48. The van der Waals surface area contributed by atoms with E-state index in [1.54, 1.807) is 24.3 Å². The van der Waals surface area contributed by atoms with Gasteiger partial charge in [0, 0.05) is 10.9 Å². The number of thiazole rings is 1. The van der Waals surface area contributed by atoms with E-state index in [0.29, 0.717) is 16.8 Å². The van der Waals surface area contributed by atoms with Crippen molar-refractivity contribution in [2.24, 2.45) is 0 Å². The number of amides is 1. The van der Waals surface area contributed by atoms with Gasteiger partial charge in [0.1, 0.15) is 22.2 Å². The van der Waals surface area contributed by atoms with Crippen LogP contribution in [-0.2, 0) is 9.84 Å². The van der Waals surface area contributed by atoms with Crippen LogP contribution in [-0.4, -0.2) is 39.0 Å². The number of alkyl halides is 3. The highest BCUT2D eigenvalue weighted by Crippen LogP contribution is 2.35. The summed E-state index contributed by atoms with van der Waals surface area (Å²) < 4.78 is 72.0. The van der Waals surface area contributed by atoms with Crippen LogP contribution in [0.15, 0.2) is 52.7 Å². The quantitative estimate of drug-likeness (QED) is 0.573. The molecule has 0 radical (unpaired) electrons. The summed E-state index contributed by atoms with van der Waals surface area (Å²) >= 11 is 1.19. The fourth-order valence-electron chi connectivity index (χ4n) is 2.52. The highest BCUT2D eigenvalue weighted by Gasteiger charge is 2.47. The first-order valence-corrected chi connectivity index (χ1v) is 10.8. The van der Waals surface area contributed by atoms with Crippen molar-refractivity contribution in [1.29, 1.82) is 0 Å². The minimum absolute atomic E-state index is 0.00181. The zero-order valence-corrected chi connectivity index (χ0v) is 17.7. The molecule has 12 heteroatoms. The van der Waals surface area contributed by atoms with Crippen LogP contribution in [0.5, 0.6) is 11.5 Å². The van der Waals surface area contributed by atoms with Gasteiger partial charge in [0.2, 0.25) is 0 Å². The van der Waals surface area contributed by atoms with Gasteiger partial charge in [-0.1, -0.05) is 0 Å². The summed E-state index contributed by atoms with van der Waals surface area (Å²) in [6.07, 6.45) is 0. The number of methoxy groups -OCH3 is 2. The third-order valence-electron chi connectivity index (χ3n) is 4.11. The smallest absolute Gasteiger partial charge is 0.497 e. The van der Waals surface area contributed by atoms with Crippen LogP contribution in [0.3, 0.4) is 0 Å². The van der Waals surface area contributed by atoms with Gasteiger partial charge in [-0.2, -0.15) is 13.2 Å². The average molecular weight is 472 g/mol. The predicted octanol–water partition coefficient (Wildman–Crippen LogP) is 4.37. The normalized spacial score (nSPS) is 11.8. The summed E-state index contributed by atoms with van der Waals surface area (Å²) in [6, 6.07) is 9.44. The maximum atomic E-state index is 12.8. The van der Waals surface area contributed by atoms with Crippen molar-refractivity contribution in [2.45, 2.75) is 10.4 Å². The van der Waals surface area contributed by atoms with Gasteiger partial charge in [-0.15, -0.1) is 11.3 Å². The first-order valence-electron chi connectivity index (χ1n) is 8.47. The SMILES string of the molecule is COc1ccc(-c2nc(C(=O)Nc3cc(S(=O)(=O)C(F)(F)F)ccc3OC)cs2)cc1. The van der Waals surface area contributed by atoms with Crippen molar-refractivity contribution in [1.82, 2.24) is 4.98 Å². The number of anilines is 1. The second-order valence-corrected chi connectivity index (χ2v) is 8.83. The number of benzene rings is 2. The minimum Gasteiger partial charge on any atom is -0.497 e. The van der Waals surface area contributed by atoms with Gasteiger partial charge >= 0.3 is 5.51 Å². The number of rotatable bonds is 6. The highest BCUT2D eigenvalue weighted by atomic mass is 32.2. The van der Waals surface area contributed by atoms with Crippen molar-refractivity contribution in [3.8, 4) is 22.1 Å². The number of hydrogen-bond donors (Lipinski definition) is 1. The molecule has 7 nitrogen and oxygen atoms in total. The number of nitrogens with one attached hydrogen (secondary N) is 1. The lowest BCUT2D eigenvalue weighted by atomic mass is 10.2. The summed E-state index contributed by atoms with van der Waals surface area (Å²) in [5.74, 6) is -0.102. The Bertz CT molecular complexity index is 1210. The summed E-state index contributed by atoms with van der Waals surface area (Å²) in [5, 5.41) is 4.36. The first kappa shape index (κ1) is 22.6. The van der Waals surface area contributed by atoms with E-state index in [-0.39, 0.29) is 17.1 Å². The Kier molecular flexibility index (Phi) is 6.23. The Morgan fingerprint density at radius 1 is 1.06 bits per heavy atom. The fourth-order valence-corrected chi connectivity index (χ4v) is 4.11. The lowest BCUT2D eigenvalue weighted by Gasteiger charge is -2.13. The molecule has 1 heterocycles. The maximum Gasteiger partial charge on any atom is 0.501 e. The van der Waals surface area contributed by atoms with Crippen molar-refractivity contribution in [3.63, 3.8) is 0 Å². The Hall–Kier alpha value is -3.12. The van der Waals surface area contributed by atoms with Crippen molar-refractivity contribution >= 4 is 32.8 Å². The summed E-state index contributed by atoms with van der Waals surface area (Å²) in [5.41, 5.74) is -4.98. The molecular formula is C19H15F3N2O5S2. The van der Waals surface area contributed by atoms with E-state index < -0.39 is 26.1 Å². The molecule has 0 saturated carbocycles. The molecule has 0 aliphatic rings. The molecule has 3 rings (SSSR count). The molecule has 0 aliphatic carbocycles. The lowest BCUT2D eigenvalue weighted by molar-refractivity contribution is -0.0436. The van der Waals surface area contributed by atoms with Crippen LogP contribution in [0.25, 0.3) is 10.6 Å². The Labute approximate surface area is 179 Å². The molecule has 1 N–H and O–H groups in total. The molecule has 31 heavy (non-hydrogen) atoms. The average Bonchev–Trinajstić information content (AvgIpc) is 3.23. The standard InChI is InChI=1S/C19H15F3N2O5S2/c1-28-12-5-3-11(4-6-12)18-24-15(10-30-18)17(25)23-14-9-13(7-8-16(14)29-2)31(26,27)19(20,21)22/h3-10H,1-2H3,(H,23,25). The van der Waals surface area contributed by atoms with Crippen molar-refractivity contribution in [3.05, 3.63) is 53.5 Å². The summed E-state index contributed by atoms with van der Waals surface area (Å²) in [6.45, 7) is 0. The predicted molar refractivity (Wildman–Crippen MR) is 108 cm³/mol. The summed E-state index contributed by atoms with van der Waals surface area (Å²) in [7, 11) is -2.83. The van der Waals surface area contributed by atoms with Gasteiger partial charge in [-0.3, -0.25) is 4.79 Å². The molecule has 1 aromatic heterocycles. The third kappa shape index (κ3) is 4.64. The number of nitrogens with zero attached hydrogens (tertiary/aromatic N) is 1. The largest absolute Gasteiger partial charge is 0.501 e. The number of carbonyl (C=O) groups is 1. The molecular weight excluding hydrogens is 457 g/mol. The lowest BCUT2D eigenvalue weighted by Crippen LogP contribution is -2.23. The van der Waals surface area contributed by atoms with Crippen LogP contribution < -0.4 is 14.8 Å². The van der Waals surface area contributed by atoms with Crippen LogP contribution >= 0.6 is 11.3 Å². The number of hydrogen-bond acceptors (Lipinski definition) is 7. The molecule has 2 aromatic carbocycles. The number of aromatic nitrogens is 1. The topological polar surface area (TPSA) is 94.6 Å². The molecule has 0 aliphatic heterocycles.